The van der Waals surface area contributed by atoms with E-state index in [2.05, 4.69) is 4.90 Å². The Hall–Kier alpha value is -1.79. The van der Waals surface area contributed by atoms with E-state index in [1.54, 1.807) is 14.2 Å². The second-order valence-electron chi connectivity index (χ2n) is 7.65. The van der Waals surface area contributed by atoms with Crippen molar-refractivity contribution in [3.8, 4) is 11.5 Å². The van der Waals surface area contributed by atoms with Crippen LogP contribution in [0.15, 0.2) is 24.3 Å². The highest BCUT2D eigenvalue weighted by atomic mass is 16.5. The Morgan fingerprint density at radius 3 is 2.44 bits per heavy atom. The van der Waals surface area contributed by atoms with Gasteiger partial charge in [-0.1, -0.05) is 12.1 Å². The first-order valence-electron chi connectivity index (χ1n) is 9.91. The zero-order valence-corrected chi connectivity index (χ0v) is 16.6. The number of amides is 1. The Morgan fingerprint density at radius 1 is 1.00 bits per heavy atom. The average Bonchev–Trinajstić information content (AvgIpc) is 2.71. The molecule has 1 aromatic carbocycles. The van der Waals surface area contributed by atoms with Crippen molar-refractivity contribution < 1.29 is 19.0 Å². The van der Waals surface area contributed by atoms with Crippen LogP contribution in [0.5, 0.6) is 11.5 Å². The maximum Gasteiger partial charge on any atom is 0.222 e. The molecule has 0 unspecified atom stereocenters. The number of hydrogen-bond acceptors (Lipinski definition) is 5. The summed E-state index contributed by atoms with van der Waals surface area (Å²) in [5.41, 5.74) is 0.293. The number of carbonyl (C=O) groups excluding carboxylic acids is 1. The highest BCUT2D eigenvalue weighted by Gasteiger charge is 2.40. The molecule has 1 aromatic rings. The number of likely N-dealkylation sites (tertiary alicyclic amines) is 2. The van der Waals surface area contributed by atoms with Gasteiger partial charge in [0.1, 0.15) is 6.61 Å². The molecule has 2 heterocycles. The highest BCUT2D eigenvalue weighted by molar-refractivity contribution is 5.77. The van der Waals surface area contributed by atoms with Crippen molar-refractivity contribution in [1.29, 1.82) is 0 Å². The Bertz CT molecular complexity index is 614. The molecule has 0 N–H and O–H groups in total. The van der Waals surface area contributed by atoms with Crippen LogP contribution in [0.25, 0.3) is 0 Å². The lowest BCUT2D eigenvalue weighted by atomic mass is 9.72. The Morgan fingerprint density at radius 2 is 1.74 bits per heavy atom. The number of rotatable bonds is 8. The lowest BCUT2D eigenvalue weighted by Crippen LogP contribution is -2.52. The molecule has 0 radical (unpaired) electrons. The summed E-state index contributed by atoms with van der Waals surface area (Å²) in [6.45, 7) is 5.94. The van der Waals surface area contributed by atoms with Gasteiger partial charge in [-0.15, -0.1) is 0 Å². The lowest BCUT2D eigenvalue weighted by Gasteiger charge is -2.47. The van der Waals surface area contributed by atoms with Gasteiger partial charge in [0.2, 0.25) is 5.91 Å². The van der Waals surface area contributed by atoms with Crippen molar-refractivity contribution >= 4 is 5.91 Å². The number of para-hydroxylation sites is 2. The van der Waals surface area contributed by atoms with Crippen molar-refractivity contribution in [3.63, 3.8) is 0 Å². The molecule has 0 aromatic heterocycles. The highest BCUT2D eigenvalue weighted by Crippen LogP contribution is 2.40. The van der Waals surface area contributed by atoms with Crippen LogP contribution in [0.2, 0.25) is 0 Å². The standard InChI is InChI=1S/C21H32N2O4/c1-25-15-14-23-17-21(8-7-20(23)24)9-11-22(12-10-21)13-16-27-19-6-4-3-5-18(19)26-2/h3-6H,7-17H2,1-2H3. The van der Waals surface area contributed by atoms with E-state index < -0.39 is 0 Å². The molecule has 2 fully saturated rings. The fourth-order valence-corrected chi connectivity index (χ4v) is 4.19. The monoisotopic (exact) mass is 376 g/mol. The summed E-state index contributed by atoms with van der Waals surface area (Å²) in [6, 6.07) is 7.76. The van der Waals surface area contributed by atoms with Crippen molar-refractivity contribution in [3.05, 3.63) is 24.3 Å². The van der Waals surface area contributed by atoms with Crippen LogP contribution in [0, 0.1) is 5.41 Å². The summed E-state index contributed by atoms with van der Waals surface area (Å²) in [7, 11) is 3.35. The van der Waals surface area contributed by atoms with Crippen LogP contribution < -0.4 is 9.47 Å². The normalized spacial score (nSPS) is 20.1. The van der Waals surface area contributed by atoms with Gasteiger partial charge in [-0.2, -0.15) is 0 Å². The molecule has 3 rings (SSSR count). The minimum absolute atomic E-state index is 0.283. The molecule has 0 aliphatic carbocycles. The van der Waals surface area contributed by atoms with E-state index in [0.717, 1.165) is 56.9 Å². The number of benzene rings is 1. The van der Waals surface area contributed by atoms with Crippen LogP contribution >= 0.6 is 0 Å². The van der Waals surface area contributed by atoms with E-state index in [1.807, 2.05) is 29.2 Å². The summed E-state index contributed by atoms with van der Waals surface area (Å²) < 4.78 is 16.4. The third-order valence-corrected chi connectivity index (χ3v) is 5.96. The van der Waals surface area contributed by atoms with E-state index in [9.17, 15) is 4.79 Å². The van der Waals surface area contributed by atoms with Crippen LogP contribution in [0.1, 0.15) is 25.7 Å². The van der Waals surface area contributed by atoms with E-state index in [4.69, 9.17) is 14.2 Å². The van der Waals surface area contributed by atoms with Gasteiger partial charge in [-0.3, -0.25) is 9.69 Å². The van der Waals surface area contributed by atoms with Crippen LogP contribution in [0.3, 0.4) is 0 Å². The van der Waals surface area contributed by atoms with Gasteiger partial charge in [0, 0.05) is 33.2 Å². The second kappa shape index (κ2) is 9.42. The third-order valence-electron chi connectivity index (χ3n) is 5.96. The number of carbonyl (C=O) groups is 1. The van der Waals surface area contributed by atoms with Gasteiger partial charge in [-0.25, -0.2) is 0 Å². The van der Waals surface area contributed by atoms with Crippen LogP contribution in [-0.2, 0) is 9.53 Å². The summed E-state index contributed by atoms with van der Waals surface area (Å²) in [4.78, 5) is 16.6. The van der Waals surface area contributed by atoms with E-state index in [-0.39, 0.29) is 5.91 Å². The van der Waals surface area contributed by atoms with E-state index >= 15 is 0 Å². The lowest BCUT2D eigenvalue weighted by molar-refractivity contribution is -0.139. The molecule has 1 spiro atoms. The first-order valence-corrected chi connectivity index (χ1v) is 9.91. The van der Waals surface area contributed by atoms with Crippen molar-refractivity contribution in [2.75, 3.05) is 60.2 Å². The molecule has 6 heteroatoms. The topological polar surface area (TPSA) is 51.2 Å². The Balaban J connectivity index is 1.44. The van der Waals surface area contributed by atoms with Gasteiger partial charge < -0.3 is 19.1 Å². The summed E-state index contributed by atoms with van der Waals surface area (Å²) in [5, 5.41) is 0. The molecule has 0 saturated carbocycles. The van der Waals surface area contributed by atoms with E-state index in [0.29, 0.717) is 31.6 Å². The molecule has 2 aliphatic heterocycles. The van der Waals surface area contributed by atoms with E-state index in [1.165, 1.54) is 0 Å². The number of piperidine rings is 2. The van der Waals surface area contributed by atoms with Gasteiger partial charge in [0.25, 0.3) is 0 Å². The molecular weight excluding hydrogens is 344 g/mol. The summed E-state index contributed by atoms with van der Waals surface area (Å²) >= 11 is 0. The fraction of sp³-hybridized carbons (Fsp3) is 0.667. The van der Waals surface area contributed by atoms with Crippen LogP contribution in [-0.4, -0.2) is 75.9 Å². The zero-order valence-electron chi connectivity index (χ0n) is 16.6. The second-order valence-corrected chi connectivity index (χ2v) is 7.65. The number of hydrogen-bond donors (Lipinski definition) is 0. The Labute approximate surface area is 162 Å². The van der Waals surface area contributed by atoms with Crippen molar-refractivity contribution in [2.45, 2.75) is 25.7 Å². The maximum atomic E-state index is 12.2. The average molecular weight is 376 g/mol. The molecule has 0 atom stereocenters. The predicted molar refractivity (Wildman–Crippen MR) is 104 cm³/mol. The first kappa shape index (κ1) is 20.0. The quantitative estimate of drug-likeness (QED) is 0.697. The molecular formula is C21H32N2O4. The number of methoxy groups -OCH3 is 2. The number of nitrogens with zero attached hydrogens (tertiary/aromatic N) is 2. The molecule has 6 nitrogen and oxygen atoms in total. The Kier molecular flexibility index (Phi) is 6.96. The largest absolute Gasteiger partial charge is 0.493 e. The smallest absolute Gasteiger partial charge is 0.222 e. The molecule has 27 heavy (non-hydrogen) atoms. The summed E-state index contributed by atoms with van der Waals surface area (Å²) in [6.07, 6.45) is 4.01. The van der Waals surface area contributed by atoms with Gasteiger partial charge in [0.15, 0.2) is 11.5 Å². The molecule has 2 aliphatic rings. The first-order chi connectivity index (χ1) is 13.2. The maximum absolute atomic E-state index is 12.2. The minimum atomic E-state index is 0.283. The van der Waals surface area contributed by atoms with Gasteiger partial charge in [0.05, 0.1) is 13.7 Å². The summed E-state index contributed by atoms with van der Waals surface area (Å²) in [5.74, 6) is 1.86. The SMILES string of the molecule is COCCN1CC2(CCC1=O)CCN(CCOc1ccccc1OC)CC2. The molecule has 0 bridgehead atoms. The number of ether oxygens (including phenoxy) is 3. The van der Waals surface area contributed by atoms with Crippen molar-refractivity contribution in [2.24, 2.45) is 5.41 Å². The zero-order chi connectivity index (χ0) is 19.1. The van der Waals surface area contributed by atoms with Crippen LogP contribution in [0.4, 0.5) is 0 Å². The fourth-order valence-electron chi connectivity index (χ4n) is 4.19. The molecule has 150 valence electrons. The predicted octanol–water partition coefficient (Wildman–Crippen LogP) is 2.42. The third kappa shape index (κ3) is 5.14. The minimum Gasteiger partial charge on any atom is -0.493 e. The van der Waals surface area contributed by atoms with Crippen molar-refractivity contribution in [1.82, 2.24) is 9.80 Å². The molecule has 2 saturated heterocycles. The van der Waals surface area contributed by atoms with Gasteiger partial charge >= 0.3 is 0 Å². The van der Waals surface area contributed by atoms with Gasteiger partial charge in [-0.05, 0) is 49.9 Å². The molecule has 1 amide bonds.